The van der Waals surface area contributed by atoms with E-state index < -0.39 is 0 Å². The molecule has 0 amide bonds. The Kier molecular flexibility index (Phi) is 20.4. The second-order valence-corrected chi connectivity index (χ2v) is 4.19. The molecule has 0 atom stereocenters. The Morgan fingerprint density at radius 1 is 0.455 bits per heavy atom. The Morgan fingerprint density at radius 3 is 1.00 bits per heavy atom. The van der Waals surface area contributed by atoms with E-state index in [0.717, 1.165) is 0 Å². The fourth-order valence-electron chi connectivity index (χ4n) is 1.35. The van der Waals surface area contributed by atoms with Gasteiger partial charge in [0.25, 0.3) is 0 Å². The number of nitrogens with two attached hydrogens (primary N) is 1. The smallest absolute Gasteiger partial charge is 0.0701 e. The number of hydrogen-bond acceptors (Lipinski definition) is 8. The second kappa shape index (κ2) is 20.7. The van der Waals surface area contributed by atoms with Crippen LogP contribution < -0.4 is 5.73 Å². The Balaban J connectivity index is 2.91. The number of hydrogen-bond donors (Lipinski definition) is 2. The highest BCUT2D eigenvalue weighted by atomic mass is 16.6. The Hall–Kier alpha value is -0.320. The maximum absolute atomic E-state index is 8.49. The zero-order valence-electron chi connectivity index (χ0n) is 13.4. The van der Waals surface area contributed by atoms with E-state index >= 15 is 0 Å². The van der Waals surface area contributed by atoms with Crippen LogP contribution in [0.1, 0.15) is 0 Å². The molecule has 0 aromatic rings. The molecule has 134 valence electrons. The largest absolute Gasteiger partial charge is 0.394 e. The average molecular weight is 325 g/mol. The predicted molar refractivity (Wildman–Crippen MR) is 81.1 cm³/mol. The lowest BCUT2D eigenvalue weighted by atomic mass is 10.6. The van der Waals surface area contributed by atoms with Crippen LogP contribution in [0.15, 0.2) is 0 Å². The summed E-state index contributed by atoms with van der Waals surface area (Å²) in [6.45, 7) is 6.79. The van der Waals surface area contributed by atoms with Gasteiger partial charge in [0.05, 0.1) is 85.9 Å². The topological polar surface area (TPSA) is 102 Å². The summed E-state index contributed by atoms with van der Waals surface area (Å²) in [7, 11) is 0. The summed E-state index contributed by atoms with van der Waals surface area (Å²) in [6, 6.07) is 0. The molecule has 0 aliphatic rings. The van der Waals surface area contributed by atoms with Gasteiger partial charge >= 0.3 is 0 Å². The first-order valence-corrected chi connectivity index (χ1v) is 7.69. The van der Waals surface area contributed by atoms with Crippen LogP contribution in [0.25, 0.3) is 0 Å². The van der Waals surface area contributed by atoms with Crippen molar-refractivity contribution in [3.05, 3.63) is 0 Å². The van der Waals surface area contributed by atoms with Gasteiger partial charge in [-0.1, -0.05) is 0 Å². The van der Waals surface area contributed by atoms with Gasteiger partial charge in [0, 0.05) is 6.54 Å². The fraction of sp³-hybridized carbons (Fsp3) is 1.00. The minimum atomic E-state index is 0.0379. The van der Waals surface area contributed by atoms with Crippen LogP contribution in [-0.4, -0.2) is 97.5 Å². The van der Waals surface area contributed by atoms with Crippen LogP contribution in [0.2, 0.25) is 0 Å². The van der Waals surface area contributed by atoms with Gasteiger partial charge in [-0.2, -0.15) is 0 Å². The first kappa shape index (κ1) is 21.7. The van der Waals surface area contributed by atoms with Gasteiger partial charge in [-0.25, -0.2) is 0 Å². The van der Waals surface area contributed by atoms with Crippen LogP contribution in [0.5, 0.6) is 0 Å². The number of rotatable bonds is 19. The molecular weight excluding hydrogens is 294 g/mol. The molecule has 0 aliphatic carbocycles. The van der Waals surface area contributed by atoms with Crippen molar-refractivity contribution in [1.82, 2.24) is 0 Å². The molecule has 0 aliphatic heterocycles. The van der Waals surface area contributed by atoms with Crippen molar-refractivity contribution in [2.75, 3.05) is 92.4 Å². The lowest BCUT2D eigenvalue weighted by Gasteiger charge is -2.08. The van der Waals surface area contributed by atoms with Crippen LogP contribution in [0, 0.1) is 0 Å². The summed E-state index contributed by atoms with van der Waals surface area (Å²) in [5.41, 5.74) is 5.28. The molecule has 3 N–H and O–H groups in total. The van der Waals surface area contributed by atoms with Crippen molar-refractivity contribution in [1.29, 1.82) is 0 Å². The van der Waals surface area contributed by atoms with E-state index in [2.05, 4.69) is 0 Å². The minimum Gasteiger partial charge on any atom is -0.394 e. The number of aliphatic hydroxyl groups excluding tert-OH is 1. The van der Waals surface area contributed by atoms with Gasteiger partial charge in [-0.15, -0.1) is 0 Å². The van der Waals surface area contributed by atoms with Crippen LogP contribution >= 0.6 is 0 Å². The normalized spacial score (nSPS) is 11.2. The first-order chi connectivity index (χ1) is 10.9. The van der Waals surface area contributed by atoms with Crippen LogP contribution in [-0.2, 0) is 28.4 Å². The van der Waals surface area contributed by atoms with Crippen LogP contribution in [0.4, 0.5) is 0 Å². The van der Waals surface area contributed by atoms with E-state index in [-0.39, 0.29) is 6.61 Å². The molecule has 0 saturated carbocycles. The van der Waals surface area contributed by atoms with E-state index in [4.69, 9.17) is 39.3 Å². The molecule has 8 nitrogen and oxygen atoms in total. The van der Waals surface area contributed by atoms with Crippen molar-refractivity contribution in [3.63, 3.8) is 0 Å². The third-order valence-electron chi connectivity index (χ3n) is 2.36. The van der Waals surface area contributed by atoms with E-state index in [0.29, 0.717) is 85.8 Å². The monoisotopic (exact) mass is 325 g/mol. The van der Waals surface area contributed by atoms with Gasteiger partial charge in [-0.05, 0) is 0 Å². The quantitative estimate of drug-likeness (QED) is 0.293. The highest BCUT2D eigenvalue weighted by molar-refractivity contribution is 4.37. The molecule has 0 bridgehead atoms. The summed E-state index contributed by atoms with van der Waals surface area (Å²) < 4.78 is 31.4. The zero-order valence-corrected chi connectivity index (χ0v) is 13.4. The Labute approximate surface area is 132 Å². The summed E-state index contributed by atoms with van der Waals surface area (Å²) in [4.78, 5) is 0. The molecule has 22 heavy (non-hydrogen) atoms. The predicted octanol–water partition coefficient (Wildman–Crippen LogP) is -0.963. The molecule has 0 unspecified atom stereocenters. The number of ether oxygens (including phenoxy) is 6. The third kappa shape index (κ3) is 19.7. The zero-order chi connectivity index (χ0) is 16.1. The van der Waals surface area contributed by atoms with Crippen molar-refractivity contribution in [3.8, 4) is 0 Å². The van der Waals surface area contributed by atoms with E-state index in [9.17, 15) is 0 Å². The van der Waals surface area contributed by atoms with E-state index in [1.807, 2.05) is 0 Å². The molecular formula is C14H31NO7. The van der Waals surface area contributed by atoms with E-state index in [1.54, 1.807) is 0 Å². The molecule has 0 saturated heterocycles. The summed E-state index contributed by atoms with van der Waals surface area (Å²) >= 11 is 0. The molecule has 0 aromatic heterocycles. The second-order valence-electron chi connectivity index (χ2n) is 4.19. The van der Waals surface area contributed by atoms with Crippen molar-refractivity contribution in [2.24, 2.45) is 5.73 Å². The van der Waals surface area contributed by atoms with Crippen LogP contribution in [0.3, 0.4) is 0 Å². The molecule has 0 radical (unpaired) electrons. The van der Waals surface area contributed by atoms with Crippen molar-refractivity contribution >= 4 is 0 Å². The fourth-order valence-corrected chi connectivity index (χ4v) is 1.35. The molecule has 0 rings (SSSR count). The van der Waals surface area contributed by atoms with Gasteiger partial charge in [-0.3, -0.25) is 0 Å². The highest BCUT2D eigenvalue weighted by Crippen LogP contribution is 1.84. The summed E-state index contributed by atoms with van der Waals surface area (Å²) in [5, 5.41) is 8.49. The summed E-state index contributed by atoms with van der Waals surface area (Å²) in [5.74, 6) is 0. The number of aliphatic hydroxyl groups is 1. The lowest BCUT2D eigenvalue weighted by Crippen LogP contribution is -2.15. The first-order valence-electron chi connectivity index (χ1n) is 7.69. The minimum absolute atomic E-state index is 0.0379. The standard InChI is InChI=1S/C14H31NO7/c15-1-3-17-5-7-19-9-11-21-13-14-22-12-10-20-8-6-18-4-2-16/h16H,1-15H2. The third-order valence-corrected chi connectivity index (χ3v) is 2.36. The van der Waals surface area contributed by atoms with Gasteiger partial charge in [0.2, 0.25) is 0 Å². The summed E-state index contributed by atoms with van der Waals surface area (Å²) in [6.07, 6.45) is 0. The highest BCUT2D eigenvalue weighted by Gasteiger charge is 1.93. The molecule has 0 fully saturated rings. The van der Waals surface area contributed by atoms with E-state index in [1.165, 1.54) is 0 Å². The maximum atomic E-state index is 8.49. The molecule has 0 heterocycles. The van der Waals surface area contributed by atoms with Gasteiger partial charge in [0.1, 0.15) is 0 Å². The maximum Gasteiger partial charge on any atom is 0.0701 e. The van der Waals surface area contributed by atoms with Gasteiger partial charge < -0.3 is 39.3 Å². The molecule has 8 heteroatoms. The molecule has 0 spiro atoms. The Morgan fingerprint density at radius 2 is 0.727 bits per heavy atom. The average Bonchev–Trinajstić information content (AvgIpc) is 2.54. The van der Waals surface area contributed by atoms with Crippen molar-refractivity contribution in [2.45, 2.75) is 0 Å². The SMILES string of the molecule is NCCOCCOCCOCCOCCOCCOCCO. The lowest BCUT2D eigenvalue weighted by molar-refractivity contribution is -0.0178. The van der Waals surface area contributed by atoms with Gasteiger partial charge in [0.15, 0.2) is 0 Å². The van der Waals surface area contributed by atoms with Crippen molar-refractivity contribution < 1.29 is 33.5 Å². The molecule has 0 aromatic carbocycles. The Bertz CT molecular complexity index is 178.